The van der Waals surface area contributed by atoms with Crippen molar-refractivity contribution >= 4 is 39.4 Å². The number of aldehydes is 1. The fourth-order valence-corrected chi connectivity index (χ4v) is 3.06. The Morgan fingerprint density at radius 2 is 1.50 bits per heavy atom. The Kier molecular flexibility index (Phi) is 8.08. The van der Waals surface area contributed by atoms with E-state index in [9.17, 15) is 4.79 Å². The van der Waals surface area contributed by atoms with Crippen LogP contribution in [0.25, 0.3) is 0 Å². The monoisotopic (exact) mass is 286 g/mol. The Labute approximate surface area is 125 Å². The van der Waals surface area contributed by atoms with Gasteiger partial charge in [0.05, 0.1) is 7.85 Å². The van der Waals surface area contributed by atoms with E-state index in [2.05, 4.69) is 53.0 Å². The average molecular weight is 286 g/mol. The number of rotatable bonds is 9. The molecule has 104 valence electrons. The van der Waals surface area contributed by atoms with Gasteiger partial charge in [-0.15, -0.1) is 0 Å². The normalized spacial score (nSPS) is 16.3. The number of thiol groups is 2. The van der Waals surface area contributed by atoms with E-state index in [1.165, 1.54) is 0 Å². The summed E-state index contributed by atoms with van der Waals surface area (Å²) in [7, 11) is 5.61. The quantitative estimate of drug-likeness (QED) is 0.372. The van der Waals surface area contributed by atoms with Crippen molar-refractivity contribution in [2.75, 3.05) is 0 Å². The lowest BCUT2D eigenvalue weighted by atomic mass is 9.69. The van der Waals surface area contributed by atoms with Gasteiger partial charge in [0.25, 0.3) is 0 Å². The zero-order valence-electron chi connectivity index (χ0n) is 12.1. The highest BCUT2D eigenvalue weighted by Gasteiger charge is 2.36. The van der Waals surface area contributed by atoms with Gasteiger partial charge in [-0.05, 0) is 30.1 Å². The maximum Gasteiger partial charge on any atom is 0.120 e. The van der Waals surface area contributed by atoms with Crippen LogP contribution in [-0.2, 0) is 4.79 Å². The lowest BCUT2D eigenvalue weighted by molar-refractivity contribution is -0.108. The molecule has 18 heavy (non-hydrogen) atoms. The molecule has 0 saturated carbocycles. The van der Waals surface area contributed by atoms with E-state index < -0.39 is 0 Å². The Hall–Kier alpha value is 0.435. The number of hydrogen-bond donors (Lipinski definition) is 2. The van der Waals surface area contributed by atoms with E-state index in [0.717, 1.165) is 25.5 Å². The summed E-state index contributed by atoms with van der Waals surface area (Å²) in [6.45, 7) is 8.92. The Morgan fingerprint density at radius 1 is 1.06 bits per heavy atom. The molecule has 4 heteroatoms. The maximum absolute atomic E-state index is 10.5. The molecule has 2 radical (unpaired) electrons. The summed E-state index contributed by atoms with van der Waals surface area (Å²) in [5.41, 5.74) is 0.208. The van der Waals surface area contributed by atoms with Crippen molar-refractivity contribution in [1.82, 2.24) is 0 Å². The highest BCUT2D eigenvalue weighted by molar-refractivity contribution is 7.81. The van der Waals surface area contributed by atoms with Crippen molar-refractivity contribution in [3.05, 3.63) is 0 Å². The average Bonchev–Trinajstić information content (AvgIpc) is 2.24. The van der Waals surface area contributed by atoms with Gasteiger partial charge >= 0.3 is 0 Å². The zero-order chi connectivity index (χ0) is 14.4. The molecule has 0 N–H and O–H groups in total. The van der Waals surface area contributed by atoms with Gasteiger partial charge in [0, 0.05) is 16.9 Å². The molecule has 0 aromatic heterocycles. The minimum atomic E-state index is 0.0885. The second-order valence-corrected chi connectivity index (χ2v) is 7.75. The topological polar surface area (TPSA) is 17.1 Å². The molecule has 0 rings (SSSR count). The second kappa shape index (κ2) is 7.89. The molecule has 0 saturated heterocycles. The van der Waals surface area contributed by atoms with Crippen LogP contribution < -0.4 is 0 Å². The highest BCUT2D eigenvalue weighted by atomic mass is 32.1. The van der Waals surface area contributed by atoms with Crippen LogP contribution in [0.2, 0.25) is 6.32 Å². The van der Waals surface area contributed by atoms with Crippen molar-refractivity contribution in [2.24, 2.45) is 10.8 Å². The van der Waals surface area contributed by atoms with E-state index in [1.807, 2.05) is 0 Å². The lowest BCUT2D eigenvalue weighted by Gasteiger charge is -2.41. The molecule has 2 unspecified atom stereocenters. The summed E-state index contributed by atoms with van der Waals surface area (Å²) in [5.74, 6) is 0. The fraction of sp³-hybridized carbons (Fsp3) is 0.929. The molecule has 0 aromatic carbocycles. The van der Waals surface area contributed by atoms with Crippen molar-refractivity contribution in [1.29, 1.82) is 0 Å². The third kappa shape index (κ3) is 6.05. The number of carbonyl (C=O) groups is 1. The summed E-state index contributed by atoms with van der Waals surface area (Å²) >= 11 is 9.35. The SMILES string of the molecule is [B]CCC(S)C(C)(C)CC(C)(C)C(S)CCC=O. The smallest absolute Gasteiger partial charge is 0.120 e. The van der Waals surface area contributed by atoms with Gasteiger partial charge in [-0.25, -0.2) is 0 Å². The third-order valence-electron chi connectivity index (χ3n) is 3.71. The van der Waals surface area contributed by atoms with Gasteiger partial charge in [0.1, 0.15) is 6.29 Å². The summed E-state index contributed by atoms with van der Waals surface area (Å²) in [6, 6.07) is 0. The van der Waals surface area contributed by atoms with E-state index in [1.54, 1.807) is 0 Å². The van der Waals surface area contributed by atoms with Crippen molar-refractivity contribution < 1.29 is 4.79 Å². The Morgan fingerprint density at radius 3 is 1.89 bits per heavy atom. The predicted octanol–water partition coefficient (Wildman–Crippen LogP) is 3.98. The first kappa shape index (κ1) is 18.4. The zero-order valence-corrected chi connectivity index (χ0v) is 13.9. The Bertz CT molecular complexity index is 254. The minimum absolute atomic E-state index is 0.0885. The standard InChI is InChI=1S/C14H27BOS2/c1-13(2,11(17)6-5-9-16)10-14(3,4)12(18)7-8-15/h9,11-12,17-18H,5-8,10H2,1-4H3. The molecule has 0 aliphatic carbocycles. The second-order valence-electron chi connectivity index (χ2n) is 6.51. The molecule has 0 spiro atoms. The molecule has 0 aliphatic heterocycles. The fourth-order valence-electron chi connectivity index (χ4n) is 2.58. The van der Waals surface area contributed by atoms with Crippen LogP contribution in [-0.4, -0.2) is 24.6 Å². The largest absolute Gasteiger partial charge is 0.303 e. The van der Waals surface area contributed by atoms with Gasteiger partial charge in [-0.1, -0.05) is 34.0 Å². The van der Waals surface area contributed by atoms with E-state index in [4.69, 9.17) is 7.85 Å². The molecule has 1 nitrogen and oxygen atoms in total. The molecule has 0 aromatic rings. The van der Waals surface area contributed by atoms with Crippen LogP contribution in [0.5, 0.6) is 0 Å². The minimum Gasteiger partial charge on any atom is -0.303 e. The van der Waals surface area contributed by atoms with Gasteiger partial charge in [0.2, 0.25) is 0 Å². The predicted molar refractivity (Wildman–Crippen MR) is 88.2 cm³/mol. The van der Waals surface area contributed by atoms with Gasteiger partial charge < -0.3 is 4.79 Å². The van der Waals surface area contributed by atoms with Crippen LogP contribution in [0.4, 0.5) is 0 Å². The van der Waals surface area contributed by atoms with Crippen molar-refractivity contribution in [3.63, 3.8) is 0 Å². The molecular weight excluding hydrogens is 259 g/mol. The summed E-state index contributed by atoms with van der Waals surface area (Å²) in [6.07, 6.45) is 5.03. The first-order valence-corrected chi connectivity index (χ1v) is 7.70. The molecule has 0 bridgehead atoms. The van der Waals surface area contributed by atoms with Crippen LogP contribution in [0.3, 0.4) is 0 Å². The molecule has 0 fully saturated rings. The van der Waals surface area contributed by atoms with Gasteiger partial charge in [0.15, 0.2) is 0 Å². The molecule has 0 aliphatic rings. The first-order chi connectivity index (χ1) is 8.17. The molecule has 2 atom stereocenters. The van der Waals surface area contributed by atoms with Crippen molar-refractivity contribution in [3.8, 4) is 0 Å². The first-order valence-electron chi connectivity index (χ1n) is 6.67. The van der Waals surface area contributed by atoms with Crippen LogP contribution in [0.15, 0.2) is 0 Å². The van der Waals surface area contributed by atoms with Crippen LogP contribution in [0, 0.1) is 10.8 Å². The molecule has 0 heterocycles. The van der Waals surface area contributed by atoms with Gasteiger partial charge in [-0.3, -0.25) is 0 Å². The summed E-state index contributed by atoms with van der Waals surface area (Å²) < 4.78 is 0. The summed E-state index contributed by atoms with van der Waals surface area (Å²) in [4.78, 5) is 10.5. The highest BCUT2D eigenvalue weighted by Crippen LogP contribution is 2.43. The third-order valence-corrected chi connectivity index (χ3v) is 5.63. The van der Waals surface area contributed by atoms with Crippen molar-refractivity contribution in [2.45, 2.75) is 70.2 Å². The maximum atomic E-state index is 10.5. The molecular formula is C14H27BOS2. The molecule has 0 amide bonds. The van der Waals surface area contributed by atoms with Gasteiger partial charge in [-0.2, -0.15) is 25.3 Å². The number of hydrogen-bond acceptors (Lipinski definition) is 3. The van der Waals surface area contributed by atoms with E-state index in [0.29, 0.717) is 18.0 Å². The van der Waals surface area contributed by atoms with E-state index in [-0.39, 0.29) is 16.1 Å². The Balaban J connectivity index is 4.57. The lowest BCUT2D eigenvalue weighted by Crippen LogP contribution is -2.36. The number of carbonyl (C=O) groups excluding carboxylic acids is 1. The van der Waals surface area contributed by atoms with Crippen LogP contribution >= 0.6 is 25.3 Å². The van der Waals surface area contributed by atoms with E-state index >= 15 is 0 Å². The van der Waals surface area contributed by atoms with Crippen LogP contribution in [0.1, 0.15) is 53.4 Å². The summed E-state index contributed by atoms with van der Waals surface area (Å²) in [5, 5.41) is 0.536.